The second-order valence-corrected chi connectivity index (χ2v) is 3.38. The Balaban J connectivity index is 2.15. The SMILES string of the molecule is C=C[C@@H]1CCN2C(=O)CC[C@H]12. The molecule has 0 aromatic carbocycles. The third-order valence-corrected chi connectivity index (χ3v) is 2.87. The Bertz CT molecular complexity index is 200. The van der Waals surface area contributed by atoms with Gasteiger partial charge in [-0.1, -0.05) is 6.08 Å². The van der Waals surface area contributed by atoms with Crippen LogP contribution in [0.3, 0.4) is 0 Å². The van der Waals surface area contributed by atoms with Gasteiger partial charge in [0, 0.05) is 19.0 Å². The largest absolute Gasteiger partial charge is 0.339 e. The van der Waals surface area contributed by atoms with Crippen LogP contribution >= 0.6 is 0 Å². The molecule has 2 nitrogen and oxygen atoms in total. The van der Waals surface area contributed by atoms with E-state index in [0.717, 1.165) is 25.8 Å². The summed E-state index contributed by atoms with van der Waals surface area (Å²) in [5.74, 6) is 0.917. The molecule has 2 aliphatic heterocycles. The van der Waals surface area contributed by atoms with Crippen molar-refractivity contribution in [2.45, 2.75) is 25.3 Å². The lowest BCUT2D eigenvalue weighted by atomic mass is 9.99. The maximum absolute atomic E-state index is 11.2. The highest BCUT2D eigenvalue weighted by Crippen LogP contribution is 2.33. The Hall–Kier alpha value is -0.790. The van der Waals surface area contributed by atoms with E-state index in [4.69, 9.17) is 0 Å². The van der Waals surface area contributed by atoms with Crippen molar-refractivity contribution in [2.75, 3.05) is 6.54 Å². The van der Waals surface area contributed by atoms with Crippen LogP contribution in [0.5, 0.6) is 0 Å². The van der Waals surface area contributed by atoms with E-state index in [1.807, 2.05) is 11.0 Å². The molecule has 0 spiro atoms. The first-order valence-electron chi connectivity index (χ1n) is 4.25. The highest BCUT2D eigenvalue weighted by Gasteiger charge is 2.39. The van der Waals surface area contributed by atoms with Crippen LogP contribution in [-0.2, 0) is 4.79 Å². The number of rotatable bonds is 1. The number of amides is 1. The highest BCUT2D eigenvalue weighted by molar-refractivity contribution is 5.79. The standard InChI is InChI=1S/C9H13NO/c1-2-7-5-6-10-8(7)3-4-9(10)11/h2,7-8H,1,3-6H2/t7-,8-/m1/s1. The molecule has 2 heterocycles. The van der Waals surface area contributed by atoms with Crippen molar-refractivity contribution in [1.29, 1.82) is 0 Å². The molecule has 2 saturated heterocycles. The van der Waals surface area contributed by atoms with Crippen molar-refractivity contribution in [3.05, 3.63) is 12.7 Å². The normalized spacial score (nSPS) is 36.0. The average molecular weight is 151 g/mol. The molecule has 2 aliphatic rings. The Morgan fingerprint density at radius 1 is 1.55 bits per heavy atom. The van der Waals surface area contributed by atoms with Crippen LogP contribution in [0.25, 0.3) is 0 Å². The summed E-state index contributed by atoms with van der Waals surface area (Å²) in [6.07, 6.45) is 4.94. The Morgan fingerprint density at radius 3 is 3.09 bits per heavy atom. The van der Waals surface area contributed by atoms with Crippen molar-refractivity contribution in [1.82, 2.24) is 4.90 Å². The maximum Gasteiger partial charge on any atom is 0.222 e. The molecule has 0 radical (unpaired) electrons. The van der Waals surface area contributed by atoms with Gasteiger partial charge in [0.2, 0.25) is 5.91 Å². The van der Waals surface area contributed by atoms with Crippen LogP contribution in [0.2, 0.25) is 0 Å². The molecule has 0 unspecified atom stereocenters. The van der Waals surface area contributed by atoms with Crippen LogP contribution in [0.15, 0.2) is 12.7 Å². The summed E-state index contributed by atoms with van der Waals surface area (Å²) < 4.78 is 0. The molecule has 0 saturated carbocycles. The first-order valence-corrected chi connectivity index (χ1v) is 4.25. The summed E-state index contributed by atoms with van der Waals surface area (Å²) in [4.78, 5) is 13.2. The van der Waals surface area contributed by atoms with Crippen molar-refractivity contribution in [3.63, 3.8) is 0 Å². The molecule has 2 rings (SSSR count). The van der Waals surface area contributed by atoms with Gasteiger partial charge in [-0.25, -0.2) is 0 Å². The molecular weight excluding hydrogens is 138 g/mol. The van der Waals surface area contributed by atoms with Crippen LogP contribution in [0, 0.1) is 5.92 Å². The molecule has 1 amide bonds. The third-order valence-electron chi connectivity index (χ3n) is 2.87. The number of nitrogens with zero attached hydrogens (tertiary/aromatic N) is 1. The molecule has 2 heteroatoms. The van der Waals surface area contributed by atoms with Crippen molar-refractivity contribution in [3.8, 4) is 0 Å². The van der Waals surface area contributed by atoms with Gasteiger partial charge in [0.1, 0.15) is 0 Å². The highest BCUT2D eigenvalue weighted by atomic mass is 16.2. The van der Waals surface area contributed by atoms with Gasteiger partial charge in [-0.3, -0.25) is 4.79 Å². The Morgan fingerprint density at radius 2 is 2.36 bits per heavy atom. The van der Waals surface area contributed by atoms with E-state index in [2.05, 4.69) is 6.58 Å². The first kappa shape index (κ1) is 6.89. The fourth-order valence-corrected chi connectivity index (χ4v) is 2.25. The van der Waals surface area contributed by atoms with E-state index < -0.39 is 0 Å². The summed E-state index contributed by atoms with van der Waals surface area (Å²) in [6, 6.07) is 0.500. The zero-order valence-corrected chi connectivity index (χ0v) is 6.62. The number of hydrogen-bond acceptors (Lipinski definition) is 1. The molecular formula is C9H13NO. The van der Waals surface area contributed by atoms with Gasteiger partial charge in [-0.2, -0.15) is 0 Å². The zero-order valence-electron chi connectivity index (χ0n) is 6.62. The zero-order chi connectivity index (χ0) is 7.84. The van der Waals surface area contributed by atoms with E-state index in [0.29, 0.717) is 17.9 Å². The van der Waals surface area contributed by atoms with Crippen LogP contribution in [0.1, 0.15) is 19.3 Å². The van der Waals surface area contributed by atoms with Crippen LogP contribution in [0.4, 0.5) is 0 Å². The van der Waals surface area contributed by atoms with Gasteiger partial charge in [0.15, 0.2) is 0 Å². The van der Waals surface area contributed by atoms with Crippen LogP contribution in [-0.4, -0.2) is 23.4 Å². The Labute approximate surface area is 66.9 Å². The van der Waals surface area contributed by atoms with Crippen LogP contribution < -0.4 is 0 Å². The van der Waals surface area contributed by atoms with Crippen molar-refractivity contribution in [2.24, 2.45) is 5.92 Å². The monoisotopic (exact) mass is 151 g/mol. The molecule has 11 heavy (non-hydrogen) atoms. The van der Waals surface area contributed by atoms with Gasteiger partial charge in [0.05, 0.1) is 0 Å². The minimum absolute atomic E-state index is 0.347. The van der Waals surface area contributed by atoms with E-state index in [1.54, 1.807) is 0 Å². The molecule has 2 atom stereocenters. The van der Waals surface area contributed by atoms with E-state index in [9.17, 15) is 4.79 Å². The fourth-order valence-electron chi connectivity index (χ4n) is 2.25. The van der Waals surface area contributed by atoms with Gasteiger partial charge in [0.25, 0.3) is 0 Å². The lowest BCUT2D eigenvalue weighted by Gasteiger charge is -2.17. The second-order valence-electron chi connectivity index (χ2n) is 3.38. The van der Waals surface area contributed by atoms with Crippen molar-refractivity contribution < 1.29 is 4.79 Å². The number of fused-ring (bicyclic) bond motifs is 1. The predicted octanol–water partition coefficient (Wildman–Crippen LogP) is 1.18. The molecule has 0 N–H and O–H groups in total. The summed E-state index contributed by atoms with van der Waals surface area (Å²) in [7, 11) is 0. The Kier molecular flexibility index (Phi) is 1.48. The smallest absolute Gasteiger partial charge is 0.222 e. The molecule has 0 aliphatic carbocycles. The van der Waals surface area contributed by atoms with E-state index in [-0.39, 0.29) is 0 Å². The molecule has 0 aromatic rings. The minimum atomic E-state index is 0.347. The summed E-state index contributed by atoms with van der Waals surface area (Å²) >= 11 is 0. The summed E-state index contributed by atoms with van der Waals surface area (Å²) in [5.41, 5.74) is 0. The van der Waals surface area contributed by atoms with Crippen molar-refractivity contribution >= 4 is 5.91 Å². The van der Waals surface area contributed by atoms with E-state index in [1.165, 1.54) is 0 Å². The molecule has 0 bridgehead atoms. The topological polar surface area (TPSA) is 20.3 Å². The molecule has 2 fully saturated rings. The van der Waals surface area contributed by atoms with E-state index >= 15 is 0 Å². The van der Waals surface area contributed by atoms with Gasteiger partial charge in [-0.15, -0.1) is 6.58 Å². The number of carbonyl (C=O) groups is 1. The predicted molar refractivity (Wildman–Crippen MR) is 43.0 cm³/mol. The average Bonchev–Trinajstić information content (AvgIpc) is 2.53. The van der Waals surface area contributed by atoms with Gasteiger partial charge >= 0.3 is 0 Å². The molecule has 60 valence electrons. The summed E-state index contributed by atoms with van der Waals surface area (Å²) in [5, 5.41) is 0. The first-order chi connectivity index (χ1) is 5.33. The minimum Gasteiger partial charge on any atom is -0.339 e. The summed E-state index contributed by atoms with van der Waals surface area (Å²) in [6.45, 7) is 4.75. The quantitative estimate of drug-likeness (QED) is 0.515. The fraction of sp³-hybridized carbons (Fsp3) is 0.667. The lowest BCUT2D eigenvalue weighted by Crippen LogP contribution is -2.28. The number of carbonyl (C=O) groups excluding carboxylic acids is 1. The maximum atomic E-state index is 11.2. The lowest BCUT2D eigenvalue weighted by molar-refractivity contribution is -0.127. The second kappa shape index (κ2) is 2.36. The van der Waals surface area contributed by atoms with Gasteiger partial charge in [-0.05, 0) is 18.8 Å². The number of hydrogen-bond donors (Lipinski definition) is 0. The van der Waals surface area contributed by atoms with Gasteiger partial charge < -0.3 is 4.90 Å². The molecule has 0 aromatic heterocycles. The third kappa shape index (κ3) is 0.889.